The van der Waals surface area contributed by atoms with Crippen LogP contribution in [0.2, 0.25) is 5.02 Å². The second-order valence-electron chi connectivity index (χ2n) is 5.85. The number of fused-ring (bicyclic) bond motifs is 1. The van der Waals surface area contributed by atoms with Gasteiger partial charge in [-0.2, -0.15) is 4.31 Å². The van der Waals surface area contributed by atoms with Crippen LogP contribution < -0.4 is 4.74 Å². The van der Waals surface area contributed by atoms with Crippen molar-refractivity contribution in [3.8, 4) is 5.75 Å². The van der Waals surface area contributed by atoms with Crippen molar-refractivity contribution in [3.63, 3.8) is 0 Å². The van der Waals surface area contributed by atoms with Crippen LogP contribution >= 0.6 is 11.6 Å². The minimum Gasteiger partial charge on any atom is -0.495 e. The Labute approximate surface area is 146 Å². The normalized spacial score (nSPS) is 25.5. The van der Waals surface area contributed by atoms with Crippen molar-refractivity contribution >= 4 is 27.5 Å². The zero-order chi connectivity index (χ0) is 17.5. The number of likely N-dealkylation sites (N-methyl/N-ethyl adjacent to an activating group) is 1. The van der Waals surface area contributed by atoms with Gasteiger partial charge >= 0.3 is 0 Å². The highest BCUT2D eigenvalue weighted by Crippen LogP contribution is 2.33. The number of carbonyl (C=O) groups excluding carboxylic acids is 1. The molecule has 0 unspecified atom stereocenters. The third-order valence-corrected chi connectivity index (χ3v) is 6.57. The van der Waals surface area contributed by atoms with Crippen LogP contribution in [0.25, 0.3) is 0 Å². The second kappa shape index (κ2) is 6.51. The fourth-order valence-electron chi connectivity index (χ4n) is 3.11. The number of ether oxygens (including phenoxy) is 2. The Morgan fingerprint density at radius 3 is 2.79 bits per heavy atom. The summed E-state index contributed by atoms with van der Waals surface area (Å²) in [5, 5.41) is 0.311. The zero-order valence-corrected chi connectivity index (χ0v) is 15.0. The molecule has 9 heteroatoms. The number of amides is 1. The summed E-state index contributed by atoms with van der Waals surface area (Å²) < 4.78 is 38.2. The van der Waals surface area contributed by atoms with E-state index in [1.807, 2.05) is 0 Å². The van der Waals surface area contributed by atoms with Gasteiger partial charge < -0.3 is 14.4 Å². The number of methoxy groups -OCH3 is 1. The number of hydrogen-bond donors (Lipinski definition) is 0. The predicted molar refractivity (Wildman–Crippen MR) is 87.7 cm³/mol. The molecule has 24 heavy (non-hydrogen) atoms. The number of carbonyl (C=O) groups is 1. The Morgan fingerprint density at radius 2 is 2.08 bits per heavy atom. The Balaban J connectivity index is 1.92. The van der Waals surface area contributed by atoms with E-state index in [9.17, 15) is 13.2 Å². The topological polar surface area (TPSA) is 76.1 Å². The predicted octanol–water partition coefficient (Wildman–Crippen LogP) is 0.969. The molecular formula is C15H19ClN2O5S. The first kappa shape index (κ1) is 17.5. The van der Waals surface area contributed by atoms with Crippen molar-refractivity contribution in [2.24, 2.45) is 0 Å². The van der Waals surface area contributed by atoms with E-state index in [-0.39, 0.29) is 41.8 Å². The molecule has 2 aliphatic rings. The summed E-state index contributed by atoms with van der Waals surface area (Å²) in [7, 11) is -0.715. The minimum atomic E-state index is -3.81. The monoisotopic (exact) mass is 374 g/mol. The molecule has 1 amide bonds. The SMILES string of the molecule is COc1ccc(Cl)cc1S(=O)(=O)N1C[C@@H]2OCCC(=O)N(C)[C@H]2C1. The molecule has 1 aromatic carbocycles. The lowest BCUT2D eigenvalue weighted by atomic mass is 10.2. The third-order valence-electron chi connectivity index (χ3n) is 4.49. The fourth-order valence-corrected chi connectivity index (χ4v) is 4.99. The molecule has 0 radical (unpaired) electrons. The lowest BCUT2D eigenvalue weighted by Crippen LogP contribution is -2.43. The number of hydrogen-bond acceptors (Lipinski definition) is 5. The number of nitrogens with zero attached hydrogens (tertiary/aromatic N) is 2. The first-order chi connectivity index (χ1) is 11.3. The van der Waals surface area contributed by atoms with E-state index in [1.165, 1.54) is 23.5 Å². The third kappa shape index (κ3) is 2.99. The van der Waals surface area contributed by atoms with Gasteiger partial charge in [-0.05, 0) is 18.2 Å². The molecule has 2 fully saturated rings. The smallest absolute Gasteiger partial charge is 0.246 e. The Bertz CT molecular complexity index is 754. The van der Waals surface area contributed by atoms with E-state index < -0.39 is 10.0 Å². The molecule has 2 heterocycles. The summed E-state index contributed by atoms with van der Waals surface area (Å²) in [6.45, 7) is 0.684. The van der Waals surface area contributed by atoms with Gasteiger partial charge in [-0.15, -0.1) is 0 Å². The summed E-state index contributed by atoms with van der Waals surface area (Å²) in [6.07, 6.45) is -0.0142. The van der Waals surface area contributed by atoms with Gasteiger partial charge in [0.2, 0.25) is 15.9 Å². The van der Waals surface area contributed by atoms with Gasteiger partial charge in [0.15, 0.2) is 0 Å². The highest BCUT2D eigenvalue weighted by molar-refractivity contribution is 7.89. The molecule has 132 valence electrons. The molecule has 0 saturated carbocycles. The van der Waals surface area contributed by atoms with Gasteiger partial charge in [0.25, 0.3) is 0 Å². The molecule has 2 atom stereocenters. The van der Waals surface area contributed by atoms with Crippen molar-refractivity contribution in [3.05, 3.63) is 23.2 Å². The maximum atomic E-state index is 13.0. The largest absolute Gasteiger partial charge is 0.495 e. The molecule has 3 rings (SSSR count). The Hall–Kier alpha value is -1.35. The van der Waals surface area contributed by atoms with Gasteiger partial charge in [0.1, 0.15) is 10.6 Å². The quantitative estimate of drug-likeness (QED) is 0.788. The minimum absolute atomic E-state index is 0.0166. The standard InChI is InChI=1S/C15H19ClN2O5S/c1-17-11-8-18(9-13(11)23-6-5-15(17)19)24(20,21)14-7-10(16)3-4-12(14)22-2/h3-4,7,11,13H,5-6,8-9H2,1-2H3/t11-,13-/m0/s1. The van der Waals surface area contributed by atoms with E-state index in [4.69, 9.17) is 21.1 Å². The summed E-state index contributed by atoms with van der Waals surface area (Å²) >= 11 is 5.96. The summed E-state index contributed by atoms with van der Waals surface area (Å²) in [6, 6.07) is 4.18. The van der Waals surface area contributed by atoms with Gasteiger partial charge in [-0.1, -0.05) is 11.6 Å². The average Bonchev–Trinajstić information content (AvgIpc) is 2.93. The van der Waals surface area contributed by atoms with Gasteiger partial charge in [0.05, 0.1) is 32.3 Å². The number of halogens is 1. The molecule has 0 spiro atoms. The molecule has 2 saturated heterocycles. The maximum Gasteiger partial charge on any atom is 0.246 e. The molecular weight excluding hydrogens is 356 g/mol. The van der Waals surface area contributed by atoms with Crippen LogP contribution in [0.15, 0.2) is 23.1 Å². The molecule has 2 aliphatic heterocycles. The van der Waals surface area contributed by atoms with Crippen LogP contribution in [0.3, 0.4) is 0 Å². The molecule has 0 aliphatic carbocycles. The molecule has 0 N–H and O–H groups in total. The van der Waals surface area contributed by atoms with E-state index in [2.05, 4.69) is 0 Å². The summed E-state index contributed by atoms with van der Waals surface area (Å²) in [4.78, 5) is 13.6. The maximum absolute atomic E-state index is 13.0. The van der Waals surface area contributed by atoms with Crippen molar-refractivity contribution in [1.29, 1.82) is 0 Å². The van der Waals surface area contributed by atoms with Crippen LogP contribution in [-0.4, -0.2) is 69.5 Å². The Kier molecular flexibility index (Phi) is 4.74. The summed E-state index contributed by atoms with van der Waals surface area (Å²) in [5.74, 6) is 0.193. The first-order valence-electron chi connectivity index (χ1n) is 7.55. The lowest BCUT2D eigenvalue weighted by Gasteiger charge is -2.25. The first-order valence-corrected chi connectivity index (χ1v) is 9.37. The van der Waals surface area contributed by atoms with Crippen molar-refractivity contribution in [2.45, 2.75) is 23.5 Å². The van der Waals surface area contributed by atoms with Gasteiger partial charge in [0, 0.05) is 25.2 Å². The number of rotatable bonds is 3. The van der Waals surface area contributed by atoms with E-state index >= 15 is 0 Å². The molecule has 7 nitrogen and oxygen atoms in total. The fraction of sp³-hybridized carbons (Fsp3) is 0.533. The lowest BCUT2D eigenvalue weighted by molar-refractivity contribution is -0.130. The van der Waals surface area contributed by atoms with Crippen molar-refractivity contribution in [1.82, 2.24) is 9.21 Å². The van der Waals surface area contributed by atoms with Crippen LogP contribution in [0.1, 0.15) is 6.42 Å². The van der Waals surface area contributed by atoms with Crippen molar-refractivity contribution < 1.29 is 22.7 Å². The number of benzene rings is 1. The van der Waals surface area contributed by atoms with E-state index in [1.54, 1.807) is 18.0 Å². The zero-order valence-electron chi connectivity index (χ0n) is 13.4. The highest BCUT2D eigenvalue weighted by Gasteiger charge is 2.45. The molecule has 0 aromatic heterocycles. The van der Waals surface area contributed by atoms with Gasteiger partial charge in [-0.25, -0.2) is 8.42 Å². The van der Waals surface area contributed by atoms with Crippen LogP contribution in [-0.2, 0) is 19.6 Å². The van der Waals surface area contributed by atoms with Crippen LogP contribution in [0, 0.1) is 0 Å². The Morgan fingerprint density at radius 1 is 1.33 bits per heavy atom. The molecule has 1 aromatic rings. The highest BCUT2D eigenvalue weighted by atomic mass is 35.5. The second-order valence-corrected chi connectivity index (χ2v) is 8.19. The van der Waals surface area contributed by atoms with Crippen LogP contribution in [0.4, 0.5) is 0 Å². The van der Waals surface area contributed by atoms with E-state index in [0.717, 1.165) is 0 Å². The van der Waals surface area contributed by atoms with Crippen molar-refractivity contribution in [2.75, 3.05) is 33.9 Å². The number of sulfonamides is 1. The van der Waals surface area contributed by atoms with E-state index in [0.29, 0.717) is 18.1 Å². The van der Waals surface area contributed by atoms with Crippen LogP contribution in [0.5, 0.6) is 5.75 Å². The van der Waals surface area contributed by atoms with Gasteiger partial charge in [-0.3, -0.25) is 4.79 Å². The average molecular weight is 375 g/mol. The summed E-state index contributed by atoms with van der Waals surface area (Å²) in [5.41, 5.74) is 0. The molecule has 0 bridgehead atoms.